The molecule has 2 atom stereocenters. The van der Waals surface area contributed by atoms with E-state index in [1.807, 2.05) is 6.92 Å². The highest BCUT2D eigenvalue weighted by molar-refractivity contribution is 5.82. The third-order valence-corrected chi connectivity index (χ3v) is 3.44. The van der Waals surface area contributed by atoms with Crippen molar-refractivity contribution in [3.63, 3.8) is 0 Å². The van der Waals surface area contributed by atoms with E-state index >= 15 is 0 Å². The predicted octanol–water partition coefficient (Wildman–Crippen LogP) is 1.57. The molecule has 94 valence electrons. The van der Waals surface area contributed by atoms with Crippen LogP contribution in [0.1, 0.15) is 32.6 Å². The second-order valence-electron chi connectivity index (χ2n) is 4.46. The summed E-state index contributed by atoms with van der Waals surface area (Å²) in [6, 6.07) is 0. The summed E-state index contributed by atoms with van der Waals surface area (Å²) in [4.78, 5) is 11.0. The lowest BCUT2D eigenvalue weighted by Gasteiger charge is -2.42. The van der Waals surface area contributed by atoms with E-state index in [0.29, 0.717) is 6.42 Å². The van der Waals surface area contributed by atoms with E-state index in [1.165, 1.54) is 0 Å². The lowest BCUT2D eigenvalue weighted by molar-refractivity contribution is -0.176. The van der Waals surface area contributed by atoms with Gasteiger partial charge in [-0.15, -0.1) is 0 Å². The zero-order chi connectivity index (χ0) is 12.4. The second-order valence-corrected chi connectivity index (χ2v) is 4.46. The normalized spacial score (nSPS) is 31.2. The van der Waals surface area contributed by atoms with E-state index in [0.717, 1.165) is 19.3 Å². The maximum atomic E-state index is 12.2. The average molecular weight is 238 g/mol. The quantitative estimate of drug-likeness (QED) is 0.767. The van der Waals surface area contributed by atoms with Crippen molar-refractivity contribution in [1.82, 2.24) is 5.32 Å². The van der Waals surface area contributed by atoms with Gasteiger partial charge in [-0.3, -0.25) is 4.79 Å². The standard InChI is InChI=1S/C10H17F3N2O/c1-7-4-2-3-5-9(7,6-14)15-8(16)10(11,12)13/h7H,2-6,14H2,1H3,(H,15,16). The van der Waals surface area contributed by atoms with Crippen LogP contribution in [0.25, 0.3) is 0 Å². The maximum absolute atomic E-state index is 12.2. The van der Waals surface area contributed by atoms with Gasteiger partial charge in [-0.25, -0.2) is 0 Å². The van der Waals surface area contributed by atoms with Gasteiger partial charge < -0.3 is 11.1 Å². The molecule has 0 spiro atoms. The Labute approximate surface area is 92.6 Å². The van der Waals surface area contributed by atoms with Gasteiger partial charge in [0.1, 0.15) is 0 Å². The summed E-state index contributed by atoms with van der Waals surface area (Å²) in [6.07, 6.45) is -1.73. The average Bonchev–Trinajstić information content (AvgIpc) is 2.20. The molecule has 0 heterocycles. The fourth-order valence-electron chi connectivity index (χ4n) is 2.25. The monoisotopic (exact) mass is 238 g/mol. The largest absolute Gasteiger partial charge is 0.471 e. The third kappa shape index (κ3) is 2.66. The first kappa shape index (κ1) is 13.3. The Morgan fingerprint density at radius 3 is 2.56 bits per heavy atom. The summed E-state index contributed by atoms with van der Waals surface area (Å²) in [5.74, 6) is -1.90. The van der Waals surface area contributed by atoms with Gasteiger partial charge in [0.25, 0.3) is 0 Å². The van der Waals surface area contributed by atoms with Crippen LogP contribution in [-0.4, -0.2) is 24.2 Å². The summed E-state index contributed by atoms with van der Waals surface area (Å²) in [5.41, 5.74) is 4.65. The lowest BCUT2D eigenvalue weighted by atomic mass is 9.73. The highest BCUT2D eigenvalue weighted by atomic mass is 19.4. The topological polar surface area (TPSA) is 55.1 Å². The fraction of sp³-hybridized carbons (Fsp3) is 0.900. The maximum Gasteiger partial charge on any atom is 0.471 e. The Morgan fingerprint density at radius 2 is 2.12 bits per heavy atom. The fourth-order valence-corrected chi connectivity index (χ4v) is 2.25. The first-order valence-corrected chi connectivity index (χ1v) is 5.41. The number of nitrogens with two attached hydrogens (primary N) is 1. The van der Waals surface area contributed by atoms with Crippen molar-refractivity contribution >= 4 is 5.91 Å². The zero-order valence-electron chi connectivity index (χ0n) is 9.23. The van der Waals surface area contributed by atoms with Gasteiger partial charge in [-0.2, -0.15) is 13.2 Å². The Balaban J connectivity index is 2.77. The second kappa shape index (κ2) is 4.61. The number of hydrogen-bond donors (Lipinski definition) is 2. The first-order valence-electron chi connectivity index (χ1n) is 5.41. The third-order valence-electron chi connectivity index (χ3n) is 3.44. The van der Waals surface area contributed by atoms with Crippen molar-refractivity contribution in [2.75, 3.05) is 6.54 Å². The first-order chi connectivity index (χ1) is 7.32. The molecular weight excluding hydrogens is 221 g/mol. The number of hydrogen-bond acceptors (Lipinski definition) is 2. The van der Waals surface area contributed by atoms with Gasteiger partial charge in [0.15, 0.2) is 0 Å². The number of carbonyl (C=O) groups excluding carboxylic acids is 1. The van der Waals surface area contributed by atoms with Crippen molar-refractivity contribution in [2.24, 2.45) is 11.7 Å². The summed E-state index contributed by atoms with van der Waals surface area (Å²) >= 11 is 0. The van der Waals surface area contributed by atoms with Crippen LogP contribution in [-0.2, 0) is 4.79 Å². The van der Waals surface area contributed by atoms with Crippen LogP contribution in [0.15, 0.2) is 0 Å². The van der Waals surface area contributed by atoms with E-state index in [-0.39, 0.29) is 12.5 Å². The number of carbonyl (C=O) groups is 1. The van der Waals surface area contributed by atoms with Gasteiger partial charge >= 0.3 is 12.1 Å². The molecule has 3 N–H and O–H groups in total. The minimum absolute atomic E-state index is 0.0162. The van der Waals surface area contributed by atoms with Crippen LogP contribution >= 0.6 is 0 Å². The molecule has 0 radical (unpaired) electrons. The molecule has 1 rings (SSSR count). The molecule has 1 amide bonds. The smallest absolute Gasteiger partial charge is 0.341 e. The predicted molar refractivity (Wildman–Crippen MR) is 53.6 cm³/mol. The Hall–Kier alpha value is -0.780. The van der Waals surface area contributed by atoms with E-state index in [1.54, 1.807) is 0 Å². The Bertz CT molecular complexity index is 267. The molecule has 0 aromatic carbocycles. The number of amides is 1. The molecule has 16 heavy (non-hydrogen) atoms. The van der Waals surface area contributed by atoms with Crippen molar-refractivity contribution < 1.29 is 18.0 Å². The van der Waals surface area contributed by atoms with Crippen LogP contribution in [0.4, 0.5) is 13.2 Å². The Morgan fingerprint density at radius 1 is 1.50 bits per heavy atom. The van der Waals surface area contributed by atoms with E-state index < -0.39 is 17.6 Å². The van der Waals surface area contributed by atoms with Crippen molar-refractivity contribution in [1.29, 1.82) is 0 Å². The van der Waals surface area contributed by atoms with Crippen LogP contribution in [0, 0.1) is 5.92 Å². The molecule has 0 aromatic rings. The molecular formula is C10H17F3N2O. The lowest BCUT2D eigenvalue weighted by Crippen LogP contribution is -2.61. The van der Waals surface area contributed by atoms with Crippen molar-refractivity contribution in [2.45, 2.75) is 44.3 Å². The van der Waals surface area contributed by atoms with E-state index in [2.05, 4.69) is 5.32 Å². The van der Waals surface area contributed by atoms with Crippen LogP contribution in [0.5, 0.6) is 0 Å². The molecule has 1 aliphatic rings. The highest BCUT2D eigenvalue weighted by Gasteiger charge is 2.46. The molecule has 6 heteroatoms. The van der Waals surface area contributed by atoms with Gasteiger partial charge in [0.2, 0.25) is 0 Å². The van der Waals surface area contributed by atoms with Crippen molar-refractivity contribution in [3.8, 4) is 0 Å². The summed E-state index contributed by atoms with van der Waals surface area (Å²) in [7, 11) is 0. The zero-order valence-corrected chi connectivity index (χ0v) is 9.23. The number of alkyl halides is 3. The number of halogens is 3. The molecule has 0 bridgehead atoms. The van der Waals surface area contributed by atoms with Gasteiger partial charge in [-0.1, -0.05) is 19.8 Å². The summed E-state index contributed by atoms with van der Waals surface area (Å²) in [6.45, 7) is 1.89. The van der Waals surface area contributed by atoms with Crippen LogP contribution in [0.2, 0.25) is 0 Å². The molecule has 3 nitrogen and oxygen atoms in total. The number of nitrogens with one attached hydrogen (secondary N) is 1. The van der Waals surface area contributed by atoms with E-state index in [4.69, 9.17) is 5.73 Å². The molecule has 0 aliphatic heterocycles. The SMILES string of the molecule is CC1CCCCC1(CN)NC(=O)C(F)(F)F. The summed E-state index contributed by atoms with van der Waals surface area (Å²) < 4.78 is 36.6. The summed E-state index contributed by atoms with van der Waals surface area (Å²) in [5, 5.41) is 2.08. The van der Waals surface area contributed by atoms with Crippen LogP contribution in [0.3, 0.4) is 0 Å². The van der Waals surface area contributed by atoms with E-state index in [9.17, 15) is 18.0 Å². The minimum atomic E-state index is -4.83. The van der Waals surface area contributed by atoms with Crippen molar-refractivity contribution in [3.05, 3.63) is 0 Å². The van der Waals surface area contributed by atoms with Crippen LogP contribution < -0.4 is 11.1 Å². The van der Waals surface area contributed by atoms with Gasteiger partial charge in [0.05, 0.1) is 5.54 Å². The number of rotatable bonds is 2. The molecule has 1 saturated carbocycles. The molecule has 0 aromatic heterocycles. The molecule has 0 saturated heterocycles. The highest BCUT2D eigenvalue weighted by Crippen LogP contribution is 2.33. The van der Waals surface area contributed by atoms with Gasteiger partial charge in [0, 0.05) is 6.54 Å². The minimum Gasteiger partial charge on any atom is -0.341 e. The molecule has 1 aliphatic carbocycles. The molecule has 1 fully saturated rings. The van der Waals surface area contributed by atoms with Gasteiger partial charge in [-0.05, 0) is 18.8 Å². The molecule has 2 unspecified atom stereocenters. The Kier molecular flexibility index (Phi) is 3.83.